The Bertz CT molecular complexity index is 967. The van der Waals surface area contributed by atoms with Gasteiger partial charge in [-0.2, -0.15) is 0 Å². The summed E-state index contributed by atoms with van der Waals surface area (Å²) in [7, 11) is 0. The maximum atomic E-state index is 12.6. The van der Waals surface area contributed by atoms with Gasteiger partial charge in [0.15, 0.2) is 0 Å². The highest BCUT2D eigenvalue weighted by atomic mass is 16.5. The van der Waals surface area contributed by atoms with Crippen molar-refractivity contribution >= 4 is 17.9 Å². The standard InChI is InChI=1S/C57H112N2O7/c1-4-7-10-13-16-19-22-25-28-31-34-52-64-55(61)42-37-45-58(46-38-43-56(62)65-53-35-32-29-26-23-20-17-14-11-8-5-2)48-40-49-59(50-41-51-60)47-39-44-57(63)66-54-36-33-30-27-24-21-18-15-12-9-6-3/h60H,4-54H2,1-3H3. The number of nitrogens with zero attached hydrogens (tertiary/aromatic N) is 2. The fraction of sp³-hybridized carbons (Fsp3) is 0.947. The van der Waals surface area contributed by atoms with Crippen LogP contribution in [0.4, 0.5) is 0 Å². The molecule has 0 aromatic heterocycles. The molecule has 0 atom stereocenters. The second kappa shape index (κ2) is 54.2. The fourth-order valence-corrected chi connectivity index (χ4v) is 8.90. The van der Waals surface area contributed by atoms with Gasteiger partial charge in [0, 0.05) is 32.4 Å². The lowest BCUT2D eigenvalue weighted by Gasteiger charge is -2.26. The monoisotopic (exact) mass is 937 g/mol. The fourth-order valence-electron chi connectivity index (χ4n) is 8.90. The van der Waals surface area contributed by atoms with E-state index in [-0.39, 0.29) is 24.5 Å². The van der Waals surface area contributed by atoms with E-state index in [0.29, 0.717) is 45.5 Å². The van der Waals surface area contributed by atoms with Gasteiger partial charge in [0.05, 0.1) is 19.8 Å². The van der Waals surface area contributed by atoms with E-state index < -0.39 is 0 Å². The van der Waals surface area contributed by atoms with Crippen LogP contribution in [-0.2, 0) is 28.6 Å². The van der Waals surface area contributed by atoms with E-state index >= 15 is 0 Å². The molecule has 0 bridgehead atoms. The lowest BCUT2D eigenvalue weighted by atomic mass is 10.1. The van der Waals surface area contributed by atoms with Crippen LogP contribution in [0.25, 0.3) is 0 Å². The highest BCUT2D eigenvalue weighted by molar-refractivity contribution is 5.70. The highest BCUT2D eigenvalue weighted by Gasteiger charge is 2.13. The topological polar surface area (TPSA) is 106 Å². The van der Waals surface area contributed by atoms with Crippen molar-refractivity contribution in [3.05, 3.63) is 0 Å². The van der Waals surface area contributed by atoms with Crippen molar-refractivity contribution in [2.45, 2.75) is 284 Å². The first-order chi connectivity index (χ1) is 32.5. The molecular weight excluding hydrogens is 825 g/mol. The van der Waals surface area contributed by atoms with Gasteiger partial charge in [0.25, 0.3) is 0 Å². The van der Waals surface area contributed by atoms with Gasteiger partial charge in [-0.25, -0.2) is 0 Å². The molecule has 0 rings (SSSR count). The van der Waals surface area contributed by atoms with Gasteiger partial charge in [-0.05, 0) is 84.1 Å². The third kappa shape index (κ3) is 50.2. The summed E-state index contributed by atoms with van der Waals surface area (Å²) in [6.45, 7) is 13.4. The van der Waals surface area contributed by atoms with E-state index in [9.17, 15) is 19.5 Å². The quantitative estimate of drug-likeness (QED) is 0.0362. The van der Waals surface area contributed by atoms with Gasteiger partial charge < -0.3 is 29.1 Å². The van der Waals surface area contributed by atoms with Crippen LogP contribution in [0.1, 0.15) is 284 Å². The molecule has 66 heavy (non-hydrogen) atoms. The summed E-state index contributed by atoms with van der Waals surface area (Å²) < 4.78 is 16.8. The van der Waals surface area contributed by atoms with E-state index in [0.717, 1.165) is 103 Å². The number of rotatable bonds is 55. The Labute approximate surface area is 409 Å². The lowest BCUT2D eigenvalue weighted by molar-refractivity contribution is -0.145. The molecule has 0 radical (unpaired) electrons. The summed E-state index contributed by atoms with van der Waals surface area (Å²) >= 11 is 0. The Morgan fingerprint density at radius 1 is 0.288 bits per heavy atom. The van der Waals surface area contributed by atoms with E-state index in [4.69, 9.17) is 14.2 Å². The summed E-state index contributed by atoms with van der Waals surface area (Å²) in [5, 5.41) is 9.58. The molecule has 0 aromatic rings. The van der Waals surface area contributed by atoms with Gasteiger partial charge in [-0.3, -0.25) is 14.4 Å². The summed E-state index contributed by atoms with van der Waals surface area (Å²) in [5.74, 6) is -0.328. The zero-order chi connectivity index (χ0) is 48.1. The third-order valence-corrected chi connectivity index (χ3v) is 13.2. The van der Waals surface area contributed by atoms with Crippen molar-refractivity contribution < 1.29 is 33.7 Å². The number of carbonyl (C=O) groups is 3. The summed E-state index contributed by atoms with van der Waals surface area (Å²) in [6.07, 6.45) is 47.2. The van der Waals surface area contributed by atoms with Crippen LogP contribution in [0.3, 0.4) is 0 Å². The molecule has 0 saturated carbocycles. The first kappa shape index (κ1) is 64.3. The molecule has 9 heteroatoms. The number of aliphatic hydroxyl groups is 1. The molecule has 0 aromatic carbocycles. The van der Waals surface area contributed by atoms with Crippen molar-refractivity contribution in [3.8, 4) is 0 Å². The maximum absolute atomic E-state index is 12.6. The second-order valence-corrected chi connectivity index (χ2v) is 19.7. The SMILES string of the molecule is CCCCCCCCCCCCCOC(=O)CCCN(CCCO)CCCN(CCCC(=O)OCCCCCCCCCCCCC)CCCC(=O)OCCCCCCCCCCCCC. The predicted octanol–water partition coefficient (Wildman–Crippen LogP) is 15.3. The first-order valence-electron chi connectivity index (χ1n) is 29.0. The zero-order valence-electron chi connectivity index (χ0n) is 44.4. The average molecular weight is 938 g/mol. The van der Waals surface area contributed by atoms with Gasteiger partial charge >= 0.3 is 17.9 Å². The Kier molecular flexibility index (Phi) is 52.8. The van der Waals surface area contributed by atoms with Crippen LogP contribution in [0.5, 0.6) is 0 Å². The summed E-state index contributed by atoms with van der Waals surface area (Å²) in [5.41, 5.74) is 0. The number of ether oxygens (including phenoxy) is 3. The van der Waals surface area contributed by atoms with Gasteiger partial charge in [-0.1, -0.05) is 213 Å². The maximum Gasteiger partial charge on any atom is 0.305 e. The third-order valence-electron chi connectivity index (χ3n) is 13.2. The summed E-state index contributed by atoms with van der Waals surface area (Å²) in [4.78, 5) is 42.5. The molecule has 0 heterocycles. The van der Waals surface area contributed by atoms with Crippen LogP contribution >= 0.6 is 0 Å². The minimum Gasteiger partial charge on any atom is -0.466 e. The van der Waals surface area contributed by atoms with Crippen molar-refractivity contribution in [3.63, 3.8) is 0 Å². The van der Waals surface area contributed by atoms with Crippen LogP contribution in [0, 0.1) is 0 Å². The number of carbonyl (C=O) groups excluding carboxylic acids is 3. The minimum absolute atomic E-state index is 0.106. The molecule has 0 unspecified atom stereocenters. The molecule has 0 aliphatic carbocycles. The van der Waals surface area contributed by atoms with Gasteiger partial charge in [0.1, 0.15) is 0 Å². The van der Waals surface area contributed by atoms with Gasteiger partial charge in [0.2, 0.25) is 0 Å². The van der Waals surface area contributed by atoms with Crippen molar-refractivity contribution in [1.29, 1.82) is 0 Å². The normalized spacial score (nSPS) is 11.5. The second-order valence-electron chi connectivity index (χ2n) is 19.7. The smallest absolute Gasteiger partial charge is 0.305 e. The van der Waals surface area contributed by atoms with Crippen LogP contribution in [0.2, 0.25) is 0 Å². The number of hydrogen-bond donors (Lipinski definition) is 1. The first-order valence-corrected chi connectivity index (χ1v) is 29.0. The molecule has 9 nitrogen and oxygen atoms in total. The highest BCUT2D eigenvalue weighted by Crippen LogP contribution is 2.15. The molecule has 1 N–H and O–H groups in total. The van der Waals surface area contributed by atoms with Crippen molar-refractivity contribution in [2.24, 2.45) is 0 Å². The summed E-state index contributed by atoms with van der Waals surface area (Å²) in [6, 6.07) is 0. The number of unbranched alkanes of at least 4 members (excludes halogenated alkanes) is 30. The molecule has 0 spiro atoms. The number of aliphatic hydroxyl groups excluding tert-OH is 1. The Morgan fingerprint density at radius 3 is 0.742 bits per heavy atom. The van der Waals surface area contributed by atoms with E-state index in [1.54, 1.807) is 0 Å². The molecule has 0 aliphatic heterocycles. The molecule has 0 saturated heterocycles. The van der Waals surface area contributed by atoms with E-state index in [1.807, 2.05) is 0 Å². The Morgan fingerprint density at radius 2 is 0.500 bits per heavy atom. The van der Waals surface area contributed by atoms with Crippen molar-refractivity contribution in [2.75, 3.05) is 65.7 Å². The van der Waals surface area contributed by atoms with Crippen LogP contribution in [0.15, 0.2) is 0 Å². The molecular formula is C57H112N2O7. The minimum atomic E-state index is -0.111. The Balaban J connectivity index is 4.60. The average Bonchev–Trinajstić information content (AvgIpc) is 3.31. The molecule has 392 valence electrons. The number of esters is 3. The molecule has 0 fully saturated rings. The predicted molar refractivity (Wildman–Crippen MR) is 279 cm³/mol. The van der Waals surface area contributed by atoms with E-state index in [1.165, 1.54) is 173 Å². The van der Waals surface area contributed by atoms with E-state index in [2.05, 4.69) is 30.6 Å². The Hall–Kier alpha value is -1.71. The lowest BCUT2D eigenvalue weighted by Crippen LogP contribution is -2.33. The largest absolute Gasteiger partial charge is 0.466 e. The molecule has 0 amide bonds. The van der Waals surface area contributed by atoms with Crippen molar-refractivity contribution in [1.82, 2.24) is 9.80 Å². The molecule has 0 aliphatic rings. The van der Waals surface area contributed by atoms with Crippen LogP contribution < -0.4 is 0 Å². The zero-order valence-corrected chi connectivity index (χ0v) is 44.4. The van der Waals surface area contributed by atoms with Gasteiger partial charge in [-0.15, -0.1) is 0 Å². The number of hydrogen-bond acceptors (Lipinski definition) is 9. The van der Waals surface area contributed by atoms with Crippen LogP contribution in [-0.4, -0.2) is 98.5 Å².